The molecule has 0 N–H and O–H groups in total. The molecule has 1 aliphatic rings. The topological polar surface area (TPSA) is 24.7 Å². The van der Waals surface area contributed by atoms with Crippen molar-refractivity contribution >= 4 is 11.4 Å². The van der Waals surface area contributed by atoms with Crippen LogP contribution in [0, 0.1) is 11.3 Å². The van der Waals surface area contributed by atoms with Crippen LogP contribution in [0.25, 0.3) is 0 Å². The third-order valence-electron chi connectivity index (χ3n) is 2.18. The minimum Gasteiger partial charge on any atom is -0.159 e. The van der Waals surface area contributed by atoms with E-state index in [-0.39, 0.29) is 5.41 Å². The minimum atomic E-state index is 0.181. The first-order valence-electron chi connectivity index (χ1n) is 4.55. The lowest BCUT2D eigenvalue weighted by atomic mass is 9.86. The Bertz CT molecular complexity index is 229. The van der Waals surface area contributed by atoms with Crippen molar-refractivity contribution < 1.29 is 0 Å². The van der Waals surface area contributed by atoms with Gasteiger partial charge < -0.3 is 0 Å². The summed E-state index contributed by atoms with van der Waals surface area (Å²) in [6, 6.07) is 0. The number of rotatable bonds is 1. The van der Waals surface area contributed by atoms with Gasteiger partial charge in [-0.1, -0.05) is 34.6 Å². The maximum Gasteiger partial charge on any atom is 0.0516 e. The predicted octanol–water partition coefficient (Wildman–Crippen LogP) is 2.89. The van der Waals surface area contributed by atoms with Gasteiger partial charge in [0, 0.05) is 17.5 Å². The van der Waals surface area contributed by atoms with Crippen LogP contribution in [0.5, 0.6) is 0 Å². The van der Waals surface area contributed by atoms with E-state index in [2.05, 4.69) is 44.8 Å². The summed E-state index contributed by atoms with van der Waals surface area (Å²) in [5.74, 6) is 0.536. The summed E-state index contributed by atoms with van der Waals surface area (Å²) in [5.41, 5.74) is 2.62. The zero-order valence-electron chi connectivity index (χ0n) is 8.68. The quantitative estimate of drug-likeness (QED) is 0.572. The van der Waals surface area contributed by atoms with Crippen LogP contribution in [-0.2, 0) is 0 Å². The Kier molecular flexibility index (Phi) is 2.36. The Morgan fingerprint density at radius 2 is 1.75 bits per heavy atom. The highest BCUT2D eigenvalue weighted by Crippen LogP contribution is 2.24. The molecule has 0 fully saturated rings. The van der Waals surface area contributed by atoms with Crippen LogP contribution in [0.2, 0.25) is 0 Å². The molecule has 1 aliphatic heterocycles. The largest absolute Gasteiger partial charge is 0.159 e. The molecule has 0 saturated heterocycles. The molecular formula is C10H18N2. The Labute approximate surface area is 74.8 Å². The van der Waals surface area contributed by atoms with Gasteiger partial charge in [0.1, 0.15) is 0 Å². The summed E-state index contributed by atoms with van der Waals surface area (Å²) < 4.78 is 0. The molecule has 0 saturated carbocycles. The van der Waals surface area contributed by atoms with Crippen LogP contribution < -0.4 is 0 Å². The SMILES string of the molecule is CC(C)C1=NN=C(C(C)(C)C)C1. The zero-order valence-corrected chi connectivity index (χ0v) is 8.68. The molecule has 0 spiro atoms. The van der Waals surface area contributed by atoms with E-state index >= 15 is 0 Å². The second kappa shape index (κ2) is 3.00. The molecule has 0 radical (unpaired) electrons. The van der Waals surface area contributed by atoms with Gasteiger partial charge in [-0.25, -0.2) is 0 Å². The molecule has 0 aromatic rings. The van der Waals surface area contributed by atoms with E-state index < -0.39 is 0 Å². The lowest BCUT2D eigenvalue weighted by Gasteiger charge is -2.17. The third-order valence-corrected chi connectivity index (χ3v) is 2.18. The van der Waals surface area contributed by atoms with Crippen LogP contribution in [-0.4, -0.2) is 11.4 Å². The van der Waals surface area contributed by atoms with E-state index in [4.69, 9.17) is 0 Å². The van der Waals surface area contributed by atoms with Crippen LogP contribution in [0.15, 0.2) is 10.2 Å². The molecule has 0 aromatic heterocycles. The summed E-state index contributed by atoms with van der Waals surface area (Å²) in [6.07, 6.45) is 0.973. The van der Waals surface area contributed by atoms with Crippen LogP contribution in [0.3, 0.4) is 0 Å². The Morgan fingerprint density at radius 1 is 1.17 bits per heavy atom. The van der Waals surface area contributed by atoms with E-state index in [9.17, 15) is 0 Å². The molecule has 68 valence electrons. The van der Waals surface area contributed by atoms with Crippen molar-refractivity contribution in [3.63, 3.8) is 0 Å². The van der Waals surface area contributed by atoms with Crippen LogP contribution >= 0.6 is 0 Å². The Hall–Kier alpha value is -0.660. The first-order chi connectivity index (χ1) is 5.41. The van der Waals surface area contributed by atoms with Crippen LogP contribution in [0.1, 0.15) is 41.0 Å². The standard InChI is InChI=1S/C10H18N2/c1-7(2)8-6-9(12-11-8)10(3,4)5/h7H,6H2,1-5H3. The van der Waals surface area contributed by atoms with Gasteiger partial charge in [-0.05, 0) is 5.92 Å². The maximum absolute atomic E-state index is 4.21. The second-order valence-electron chi connectivity index (χ2n) is 4.72. The van der Waals surface area contributed by atoms with Gasteiger partial charge in [0.05, 0.1) is 5.71 Å². The van der Waals surface area contributed by atoms with Gasteiger partial charge in [0.15, 0.2) is 0 Å². The average Bonchev–Trinajstić information content (AvgIpc) is 2.30. The fourth-order valence-electron chi connectivity index (χ4n) is 1.10. The minimum absolute atomic E-state index is 0.181. The normalized spacial score (nSPS) is 18.2. The molecule has 0 aromatic carbocycles. The van der Waals surface area contributed by atoms with Crippen molar-refractivity contribution in [2.45, 2.75) is 41.0 Å². The van der Waals surface area contributed by atoms with Crippen LogP contribution in [0.4, 0.5) is 0 Å². The highest BCUT2D eigenvalue weighted by molar-refractivity contribution is 6.09. The van der Waals surface area contributed by atoms with Gasteiger partial charge >= 0.3 is 0 Å². The summed E-state index contributed by atoms with van der Waals surface area (Å²) in [7, 11) is 0. The lowest BCUT2D eigenvalue weighted by molar-refractivity contribution is 0.584. The predicted molar refractivity (Wildman–Crippen MR) is 53.8 cm³/mol. The molecule has 0 unspecified atom stereocenters. The Balaban J connectivity index is 2.62. The molecule has 2 heteroatoms. The van der Waals surface area contributed by atoms with Crippen molar-refractivity contribution in [1.29, 1.82) is 0 Å². The molecule has 1 heterocycles. The molecule has 0 aliphatic carbocycles. The van der Waals surface area contributed by atoms with E-state index in [1.807, 2.05) is 0 Å². The van der Waals surface area contributed by atoms with Gasteiger partial charge in [-0.2, -0.15) is 10.2 Å². The van der Waals surface area contributed by atoms with Gasteiger partial charge in [-0.3, -0.25) is 0 Å². The summed E-state index contributed by atoms with van der Waals surface area (Å²) >= 11 is 0. The fraction of sp³-hybridized carbons (Fsp3) is 0.800. The number of hydrogen-bond donors (Lipinski definition) is 0. The van der Waals surface area contributed by atoms with E-state index in [1.54, 1.807) is 0 Å². The van der Waals surface area contributed by atoms with Gasteiger partial charge in [0.2, 0.25) is 0 Å². The average molecular weight is 166 g/mol. The Morgan fingerprint density at radius 3 is 2.00 bits per heavy atom. The van der Waals surface area contributed by atoms with Crippen molar-refractivity contribution in [1.82, 2.24) is 0 Å². The molecular weight excluding hydrogens is 148 g/mol. The van der Waals surface area contributed by atoms with Gasteiger partial charge in [-0.15, -0.1) is 0 Å². The molecule has 1 rings (SSSR count). The third kappa shape index (κ3) is 1.93. The maximum atomic E-state index is 4.21. The first-order valence-corrected chi connectivity index (χ1v) is 4.55. The first kappa shape index (κ1) is 9.43. The molecule has 0 amide bonds. The van der Waals surface area contributed by atoms with E-state index in [1.165, 1.54) is 11.4 Å². The fourth-order valence-corrected chi connectivity index (χ4v) is 1.10. The summed E-state index contributed by atoms with van der Waals surface area (Å²) in [6.45, 7) is 10.9. The molecule has 2 nitrogen and oxygen atoms in total. The molecule has 0 bridgehead atoms. The lowest BCUT2D eigenvalue weighted by Crippen LogP contribution is -2.21. The molecule has 12 heavy (non-hydrogen) atoms. The highest BCUT2D eigenvalue weighted by atomic mass is 15.2. The highest BCUT2D eigenvalue weighted by Gasteiger charge is 2.25. The van der Waals surface area contributed by atoms with Gasteiger partial charge in [0.25, 0.3) is 0 Å². The van der Waals surface area contributed by atoms with Crippen molar-refractivity contribution in [3.05, 3.63) is 0 Å². The van der Waals surface area contributed by atoms with Crippen molar-refractivity contribution in [2.24, 2.45) is 21.5 Å². The monoisotopic (exact) mass is 166 g/mol. The summed E-state index contributed by atoms with van der Waals surface area (Å²) in [4.78, 5) is 0. The van der Waals surface area contributed by atoms with E-state index in [0.29, 0.717) is 5.92 Å². The zero-order chi connectivity index (χ0) is 9.35. The molecule has 0 atom stereocenters. The van der Waals surface area contributed by atoms with Crippen molar-refractivity contribution in [2.75, 3.05) is 0 Å². The van der Waals surface area contributed by atoms with E-state index in [0.717, 1.165) is 6.42 Å². The number of nitrogens with zero attached hydrogens (tertiary/aromatic N) is 2. The number of hydrogen-bond acceptors (Lipinski definition) is 2. The smallest absolute Gasteiger partial charge is 0.0516 e. The van der Waals surface area contributed by atoms with Crippen molar-refractivity contribution in [3.8, 4) is 0 Å². The second-order valence-corrected chi connectivity index (χ2v) is 4.72. The summed E-state index contributed by atoms with van der Waals surface area (Å²) in [5, 5.41) is 8.40.